The number of piperazine rings is 1. The quantitative estimate of drug-likeness (QED) is 0.778. The van der Waals surface area contributed by atoms with Gasteiger partial charge >= 0.3 is 0 Å². The second kappa shape index (κ2) is 7.39. The van der Waals surface area contributed by atoms with E-state index in [9.17, 15) is 0 Å². The highest BCUT2D eigenvalue weighted by molar-refractivity contribution is 5.16. The lowest BCUT2D eigenvalue weighted by Gasteiger charge is -2.40. The average Bonchev–Trinajstić information content (AvgIpc) is 2.58. The van der Waals surface area contributed by atoms with E-state index in [4.69, 9.17) is 0 Å². The molecule has 0 N–H and O–H groups in total. The zero-order valence-electron chi connectivity index (χ0n) is 13.1. The number of nitrogens with zero attached hydrogens (tertiary/aromatic N) is 2. The molecule has 2 aromatic rings. The minimum Gasteiger partial charge on any atom is -0.296 e. The Morgan fingerprint density at radius 2 is 1.45 bits per heavy atom. The van der Waals surface area contributed by atoms with Crippen molar-refractivity contribution in [2.24, 2.45) is 0 Å². The Labute approximate surface area is 133 Å². The Morgan fingerprint density at radius 1 is 0.864 bits per heavy atom. The maximum absolute atomic E-state index is 4.05. The van der Waals surface area contributed by atoms with Crippen molar-refractivity contribution in [3.05, 3.63) is 84.4 Å². The fourth-order valence-electron chi connectivity index (χ4n) is 3.13. The molecule has 1 aliphatic rings. The van der Waals surface area contributed by atoms with E-state index in [1.807, 2.05) is 0 Å². The van der Waals surface area contributed by atoms with Crippen molar-refractivity contribution in [2.45, 2.75) is 19.1 Å². The Hall–Kier alpha value is -1.90. The van der Waals surface area contributed by atoms with Crippen molar-refractivity contribution in [2.75, 3.05) is 19.6 Å². The fourth-order valence-corrected chi connectivity index (χ4v) is 3.13. The van der Waals surface area contributed by atoms with E-state index in [-0.39, 0.29) is 0 Å². The molecule has 3 rings (SSSR count). The zero-order valence-corrected chi connectivity index (χ0v) is 13.1. The first-order chi connectivity index (χ1) is 10.8. The van der Waals surface area contributed by atoms with Crippen molar-refractivity contribution in [1.82, 2.24) is 9.80 Å². The summed E-state index contributed by atoms with van der Waals surface area (Å²) in [4.78, 5) is 5.06. The maximum Gasteiger partial charge on any atom is 0.0407 e. The predicted molar refractivity (Wildman–Crippen MR) is 92.6 cm³/mol. The van der Waals surface area contributed by atoms with Gasteiger partial charge < -0.3 is 0 Å². The van der Waals surface area contributed by atoms with Crippen molar-refractivity contribution >= 4 is 0 Å². The molecule has 22 heavy (non-hydrogen) atoms. The molecule has 0 spiro atoms. The molecule has 2 nitrogen and oxygen atoms in total. The van der Waals surface area contributed by atoms with E-state index in [1.165, 1.54) is 11.1 Å². The highest BCUT2D eigenvalue weighted by Gasteiger charge is 2.24. The highest BCUT2D eigenvalue weighted by Crippen LogP contribution is 2.16. The smallest absolute Gasteiger partial charge is 0.0407 e. The van der Waals surface area contributed by atoms with E-state index >= 15 is 0 Å². The first-order valence-electron chi connectivity index (χ1n) is 8.02. The van der Waals surface area contributed by atoms with Crippen molar-refractivity contribution in [1.29, 1.82) is 0 Å². The topological polar surface area (TPSA) is 6.48 Å². The molecule has 0 saturated carbocycles. The van der Waals surface area contributed by atoms with Gasteiger partial charge in [-0.05, 0) is 11.1 Å². The molecule has 0 unspecified atom stereocenters. The van der Waals surface area contributed by atoms with Crippen LogP contribution in [0.15, 0.2) is 73.3 Å². The van der Waals surface area contributed by atoms with Gasteiger partial charge in [-0.2, -0.15) is 0 Å². The summed E-state index contributed by atoms with van der Waals surface area (Å²) < 4.78 is 0. The van der Waals surface area contributed by atoms with Gasteiger partial charge in [0.25, 0.3) is 0 Å². The average molecular weight is 292 g/mol. The molecule has 1 aliphatic heterocycles. The summed E-state index contributed by atoms with van der Waals surface area (Å²) in [5.41, 5.74) is 2.77. The molecule has 0 aliphatic carbocycles. The highest BCUT2D eigenvalue weighted by atomic mass is 15.3. The third kappa shape index (κ3) is 3.85. The second-order valence-corrected chi connectivity index (χ2v) is 5.98. The molecule has 0 bridgehead atoms. The summed E-state index contributed by atoms with van der Waals surface area (Å²) in [6.07, 6.45) is 2.10. The van der Waals surface area contributed by atoms with Crippen LogP contribution < -0.4 is 0 Å². The van der Waals surface area contributed by atoms with Crippen LogP contribution in [0, 0.1) is 0 Å². The van der Waals surface area contributed by atoms with E-state index in [0.29, 0.717) is 6.04 Å². The van der Waals surface area contributed by atoms with Crippen LogP contribution in [0.1, 0.15) is 11.1 Å². The summed E-state index contributed by atoms with van der Waals surface area (Å²) in [5, 5.41) is 0. The van der Waals surface area contributed by atoms with Crippen LogP contribution in [-0.4, -0.2) is 35.5 Å². The van der Waals surface area contributed by atoms with Crippen LogP contribution >= 0.6 is 0 Å². The SMILES string of the molecule is C=C[C@@H]1CN(Cc2ccccc2)CCN1Cc1ccccc1. The van der Waals surface area contributed by atoms with Crippen molar-refractivity contribution in [3.8, 4) is 0 Å². The Kier molecular flexibility index (Phi) is 5.04. The molecule has 1 heterocycles. The number of benzene rings is 2. The lowest BCUT2D eigenvalue weighted by Crippen LogP contribution is -2.51. The second-order valence-electron chi connectivity index (χ2n) is 5.98. The van der Waals surface area contributed by atoms with Gasteiger partial charge in [0.2, 0.25) is 0 Å². The molecule has 114 valence electrons. The minimum absolute atomic E-state index is 0.428. The van der Waals surface area contributed by atoms with Crippen LogP contribution in [0.3, 0.4) is 0 Å². The van der Waals surface area contributed by atoms with Crippen LogP contribution in [0.4, 0.5) is 0 Å². The third-order valence-corrected chi connectivity index (χ3v) is 4.37. The van der Waals surface area contributed by atoms with Crippen LogP contribution in [0.25, 0.3) is 0 Å². The summed E-state index contributed by atoms with van der Waals surface area (Å²) in [7, 11) is 0. The van der Waals surface area contributed by atoms with Gasteiger partial charge in [0, 0.05) is 38.8 Å². The lowest BCUT2D eigenvalue weighted by atomic mass is 10.1. The Morgan fingerprint density at radius 3 is 2.05 bits per heavy atom. The first-order valence-corrected chi connectivity index (χ1v) is 8.02. The number of hydrogen-bond donors (Lipinski definition) is 0. The van der Waals surface area contributed by atoms with Gasteiger partial charge in [0.05, 0.1) is 0 Å². The Balaban J connectivity index is 1.60. The number of hydrogen-bond acceptors (Lipinski definition) is 2. The molecular formula is C20H24N2. The molecule has 2 aromatic carbocycles. The van der Waals surface area contributed by atoms with Crippen molar-refractivity contribution in [3.63, 3.8) is 0 Å². The third-order valence-electron chi connectivity index (χ3n) is 4.37. The molecule has 1 fully saturated rings. The predicted octanol–water partition coefficient (Wildman–Crippen LogP) is 3.56. The maximum atomic E-state index is 4.05. The number of rotatable bonds is 5. The molecule has 0 amide bonds. The van der Waals surface area contributed by atoms with Crippen molar-refractivity contribution < 1.29 is 0 Å². The molecule has 0 aromatic heterocycles. The minimum atomic E-state index is 0.428. The van der Waals surface area contributed by atoms with Gasteiger partial charge in [-0.1, -0.05) is 66.7 Å². The molecule has 2 heteroatoms. The lowest BCUT2D eigenvalue weighted by molar-refractivity contribution is 0.0870. The first kappa shape index (κ1) is 15.0. The van der Waals surface area contributed by atoms with E-state index in [1.54, 1.807) is 0 Å². The molecule has 1 saturated heterocycles. The van der Waals surface area contributed by atoms with Gasteiger partial charge in [0.15, 0.2) is 0 Å². The summed E-state index contributed by atoms with van der Waals surface area (Å²) in [5.74, 6) is 0. The summed E-state index contributed by atoms with van der Waals surface area (Å²) in [6, 6.07) is 21.9. The monoisotopic (exact) mass is 292 g/mol. The van der Waals surface area contributed by atoms with E-state index < -0.39 is 0 Å². The molecule has 0 radical (unpaired) electrons. The zero-order chi connectivity index (χ0) is 15.2. The molecular weight excluding hydrogens is 268 g/mol. The fraction of sp³-hybridized carbons (Fsp3) is 0.300. The van der Waals surface area contributed by atoms with E-state index in [0.717, 1.165) is 32.7 Å². The van der Waals surface area contributed by atoms with Gasteiger partial charge in [-0.25, -0.2) is 0 Å². The van der Waals surface area contributed by atoms with Crippen LogP contribution in [0.5, 0.6) is 0 Å². The normalized spacial score (nSPS) is 19.9. The molecule has 1 atom stereocenters. The Bertz CT molecular complexity index is 579. The largest absolute Gasteiger partial charge is 0.296 e. The standard InChI is InChI=1S/C20H24N2/c1-2-20-17-21(15-18-9-5-3-6-10-18)13-14-22(20)16-19-11-7-4-8-12-19/h2-12,20H,1,13-17H2/t20-/m1/s1. The summed E-state index contributed by atoms with van der Waals surface area (Å²) in [6.45, 7) is 9.37. The van der Waals surface area contributed by atoms with Gasteiger partial charge in [-0.15, -0.1) is 6.58 Å². The van der Waals surface area contributed by atoms with Gasteiger partial charge in [0.1, 0.15) is 0 Å². The van der Waals surface area contributed by atoms with Crippen LogP contribution in [-0.2, 0) is 13.1 Å². The van der Waals surface area contributed by atoms with Crippen LogP contribution in [0.2, 0.25) is 0 Å². The summed E-state index contributed by atoms with van der Waals surface area (Å²) >= 11 is 0. The van der Waals surface area contributed by atoms with Gasteiger partial charge in [-0.3, -0.25) is 9.80 Å². The van der Waals surface area contributed by atoms with E-state index in [2.05, 4.69) is 83.1 Å².